The fourth-order valence-corrected chi connectivity index (χ4v) is 0.732. The van der Waals surface area contributed by atoms with Crippen molar-refractivity contribution in [2.75, 3.05) is 0 Å². The molecule has 1 N–H and O–H groups in total. The van der Waals surface area contributed by atoms with E-state index in [1.54, 1.807) is 6.08 Å². The second-order valence-corrected chi connectivity index (χ2v) is 2.08. The van der Waals surface area contributed by atoms with Crippen LogP contribution in [0.15, 0.2) is 36.4 Å². The van der Waals surface area contributed by atoms with Gasteiger partial charge in [-0.25, -0.2) is 4.79 Å². The Bertz CT molecular complexity index is 267. The van der Waals surface area contributed by atoms with Gasteiger partial charge in [-0.05, 0) is 11.6 Å². The molecule has 0 saturated carbocycles. The number of carbonyl (C=O) groups is 1. The molecular weight excluding hydrogens is 171 g/mol. The van der Waals surface area contributed by atoms with Gasteiger partial charge in [0.15, 0.2) is 0 Å². The zero-order valence-electron chi connectivity index (χ0n) is 6.60. The highest BCUT2D eigenvalue weighted by Crippen LogP contribution is 1.99. The van der Waals surface area contributed by atoms with Crippen molar-refractivity contribution < 1.29 is 9.90 Å². The van der Waals surface area contributed by atoms with Crippen LogP contribution in [0, 0.1) is 0 Å². The number of hydrogen-bond donors (Lipinski definition) is 1. The molecule has 3 heteroatoms. The van der Waals surface area contributed by atoms with Crippen molar-refractivity contribution in [3.05, 3.63) is 42.0 Å². The van der Waals surface area contributed by atoms with Crippen LogP contribution in [0.25, 0.3) is 6.08 Å². The maximum absolute atomic E-state index is 10.1. The van der Waals surface area contributed by atoms with E-state index < -0.39 is 5.97 Å². The SMILES string of the molecule is O=C(O)C=Cc1ccccc1.P. The molecule has 64 valence electrons. The highest BCUT2D eigenvalue weighted by Gasteiger charge is 1.85. The quantitative estimate of drug-likeness (QED) is 0.559. The standard InChI is InChI=1S/C9H8O2.H3P/c10-9(11)7-6-8-4-2-1-3-5-8;/h1-7H,(H,10,11);1H3. The molecule has 0 aromatic heterocycles. The molecule has 2 nitrogen and oxygen atoms in total. The van der Waals surface area contributed by atoms with Crippen LogP contribution in [0.2, 0.25) is 0 Å². The summed E-state index contributed by atoms with van der Waals surface area (Å²) in [5.41, 5.74) is 0.898. The Hall–Kier alpha value is -1.14. The maximum atomic E-state index is 10.1. The van der Waals surface area contributed by atoms with Crippen LogP contribution < -0.4 is 0 Å². The molecular formula is C9H11O2P. The minimum atomic E-state index is -0.922. The lowest BCUT2D eigenvalue weighted by Crippen LogP contribution is -1.85. The fraction of sp³-hybridized carbons (Fsp3) is 0. The monoisotopic (exact) mass is 182 g/mol. The van der Waals surface area contributed by atoms with E-state index in [1.807, 2.05) is 30.3 Å². The van der Waals surface area contributed by atoms with Gasteiger partial charge in [-0.3, -0.25) is 0 Å². The highest BCUT2D eigenvalue weighted by molar-refractivity contribution is 6.92. The molecule has 12 heavy (non-hydrogen) atoms. The first-order valence-corrected chi connectivity index (χ1v) is 3.25. The predicted octanol–water partition coefficient (Wildman–Crippen LogP) is 1.84. The maximum Gasteiger partial charge on any atom is 0.328 e. The molecule has 0 heterocycles. The first-order chi connectivity index (χ1) is 5.29. The summed E-state index contributed by atoms with van der Waals surface area (Å²) < 4.78 is 0. The average molecular weight is 182 g/mol. The summed E-state index contributed by atoms with van der Waals surface area (Å²) >= 11 is 0. The van der Waals surface area contributed by atoms with Gasteiger partial charge in [0.1, 0.15) is 0 Å². The Morgan fingerprint density at radius 2 is 1.83 bits per heavy atom. The zero-order chi connectivity index (χ0) is 8.10. The van der Waals surface area contributed by atoms with E-state index in [1.165, 1.54) is 0 Å². The topological polar surface area (TPSA) is 37.3 Å². The lowest BCUT2D eigenvalue weighted by atomic mass is 10.2. The Labute approximate surface area is 74.5 Å². The Kier molecular flexibility index (Phi) is 4.98. The van der Waals surface area contributed by atoms with Crippen LogP contribution in [0.3, 0.4) is 0 Å². The summed E-state index contributed by atoms with van der Waals surface area (Å²) in [7, 11) is 0. The van der Waals surface area contributed by atoms with Crippen molar-refractivity contribution in [2.45, 2.75) is 0 Å². The second kappa shape index (κ2) is 5.50. The number of rotatable bonds is 2. The van der Waals surface area contributed by atoms with Crippen LogP contribution in [-0.2, 0) is 4.79 Å². The minimum Gasteiger partial charge on any atom is -0.478 e. The molecule has 0 saturated heterocycles. The van der Waals surface area contributed by atoms with Gasteiger partial charge in [-0.2, -0.15) is 9.90 Å². The highest BCUT2D eigenvalue weighted by atomic mass is 31.0. The van der Waals surface area contributed by atoms with Gasteiger partial charge >= 0.3 is 5.97 Å². The lowest BCUT2D eigenvalue weighted by molar-refractivity contribution is -0.131. The first kappa shape index (κ1) is 10.9. The van der Waals surface area contributed by atoms with E-state index in [0.717, 1.165) is 11.6 Å². The van der Waals surface area contributed by atoms with Crippen molar-refractivity contribution in [3.63, 3.8) is 0 Å². The van der Waals surface area contributed by atoms with E-state index in [4.69, 9.17) is 5.11 Å². The molecule has 0 aliphatic rings. The molecule has 0 aliphatic carbocycles. The van der Waals surface area contributed by atoms with Crippen molar-refractivity contribution in [1.29, 1.82) is 0 Å². The van der Waals surface area contributed by atoms with E-state index in [0.29, 0.717) is 0 Å². The van der Waals surface area contributed by atoms with Crippen molar-refractivity contribution in [1.82, 2.24) is 0 Å². The molecule has 0 fully saturated rings. The molecule has 0 amide bonds. The molecule has 1 aromatic rings. The Morgan fingerprint density at radius 1 is 1.25 bits per heavy atom. The van der Waals surface area contributed by atoms with Crippen LogP contribution in [0.5, 0.6) is 0 Å². The molecule has 1 aromatic carbocycles. The van der Waals surface area contributed by atoms with Crippen molar-refractivity contribution >= 4 is 21.9 Å². The van der Waals surface area contributed by atoms with Crippen LogP contribution in [-0.4, -0.2) is 11.1 Å². The van der Waals surface area contributed by atoms with Gasteiger partial charge in [0, 0.05) is 6.08 Å². The van der Waals surface area contributed by atoms with E-state index in [-0.39, 0.29) is 9.90 Å². The Morgan fingerprint density at radius 3 is 2.33 bits per heavy atom. The van der Waals surface area contributed by atoms with Gasteiger partial charge in [0.05, 0.1) is 0 Å². The number of aliphatic carboxylic acids is 1. The van der Waals surface area contributed by atoms with Crippen LogP contribution >= 0.6 is 9.90 Å². The lowest BCUT2D eigenvalue weighted by Gasteiger charge is -1.87. The van der Waals surface area contributed by atoms with Crippen LogP contribution in [0.1, 0.15) is 5.56 Å². The average Bonchev–Trinajstić information content (AvgIpc) is 2.03. The fourth-order valence-electron chi connectivity index (χ4n) is 0.732. The summed E-state index contributed by atoms with van der Waals surface area (Å²) in [5.74, 6) is -0.922. The summed E-state index contributed by atoms with van der Waals surface area (Å²) in [6.45, 7) is 0. The summed E-state index contributed by atoms with van der Waals surface area (Å²) in [6, 6.07) is 9.31. The Balaban J connectivity index is 0.00000121. The third-order valence-corrected chi connectivity index (χ3v) is 1.22. The molecule has 1 unspecified atom stereocenters. The van der Waals surface area contributed by atoms with E-state index in [2.05, 4.69) is 0 Å². The largest absolute Gasteiger partial charge is 0.478 e. The molecule has 1 rings (SSSR count). The summed E-state index contributed by atoms with van der Waals surface area (Å²) in [5, 5.41) is 8.29. The van der Waals surface area contributed by atoms with Gasteiger partial charge in [-0.15, -0.1) is 0 Å². The van der Waals surface area contributed by atoms with Crippen molar-refractivity contribution in [3.8, 4) is 0 Å². The smallest absolute Gasteiger partial charge is 0.328 e. The first-order valence-electron chi connectivity index (χ1n) is 3.25. The van der Waals surface area contributed by atoms with Crippen molar-refractivity contribution in [2.24, 2.45) is 0 Å². The van der Waals surface area contributed by atoms with Gasteiger partial charge in [0.25, 0.3) is 0 Å². The minimum absolute atomic E-state index is 0. The number of benzene rings is 1. The van der Waals surface area contributed by atoms with Gasteiger partial charge < -0.3 is 5.11 Å². The van der Waals surface area contributed by atoms with E-state index >= 15 is 0 Å². The number of carboxylic acids is 1. The molecule has 0 bridgehead atoms. The third-order valence-electron chi connectivity index (χ3n) is 1.22. The van der Waals surface area contributed by atoms with Gasteiger partial charge in [-0.1, -0.05) is 30.3 Å². The summed E-state index contributed by atoms with van der Waals surface area (Å²) in [4.78, 5) is 10.1. The third kappa shape index (κ3) is 3.89. The second-order valence-electron chi connectivity index (χ2n) is 2.08. The van der Waals surface area contributed by atoms with Crippen LogP contribution in [0.4, 0.5) is 0 Å². The number of hydrogen-bond acceptors (Lipinski definition) is 1. The molecule has 0 spiro atoms. The normalized spacial score (nSPS) is 9.33. The molecule has 0 aliphatic heterocycles. The van der Waals surface area contributed by atoms with E-state index in [9.17, 15) is 4.79 Å². The molecule has 1 atom stereocenters. The number of carboxylic acid groups (broad SMARTS) is 1. The predicted molar refractivity (Wildman–Crippen MR) is 54.2 cm³/mol. The molecule has 0 radical (unpaired) electrons. The van der Waals surface area contributed by atoms with Gasteiger partial charge in [0.2, 0.25) is 0 Å². The zero-order valence-corrected chi connectivity index (χ0v) is 8.02. The summed E-state index contributed by atoms with van der Waals surface area (Å²) in [6.07, 6.45) is 2.68.